The van der Waals surface area contributed by atoms with Gasteiger partial charge in [0.05, 0.1) is 12.3 Å². The maximum absolute atomic E-state index is 8.57. The summed E-state index contributed by atoms with van der Waals surface area (Å²) < 4.78 is 4.92. The number of nitrogens with zero attached hydrogens (tertiary/aromatic N) is 1. The largest absolute Gasteiger partial charge is 0.447 e. The van der Waals surface area contributed by atoms with Crippen LogP contribution in [0, 0.1) is 6.92 Å². The van der Waals surface area contributed by atoms with Gasteiger partial charge in [-0.05, 0) is 6.92 Å². The fraction of sp³-hybridized carbons (Fsp3) is 0.500. The molecule has 1 heterocycles. The van der Waals surface area contributed by atoms with Crippen LogP contribution in [0.2, 0.25) is 0 Å². The first-order valence-corrected chi connectivity index (χ1v) is 3.02. The fourth-order valence-electron chi connectivity index (χ4n) is 0.621. The summed E-state index contributed by atoms with van der Waals surface area (Å²) in [7, 11) is 0. The summed E-state index contributed by atoms with van der Waals surface area (Å²) in [5.74, 6) is 0.389. The van der Waals surface area contributed by atoms with E-state index in [4.69, 9.17) is 15.3 Å². The molecule has 3 N–H and O–H groups in total. The number of aromatic nitrogens is 1. The highest BCUT2D eigenvalue weighted by molar-refractivity contribution is 4.96. The molecule has 0 amide bonds. The van der Waals surface area contributed by atoms with Gasteiger partial charge in [-0.15, -0.1) is 0 Å². The second-order valence-corrected chi connectivity index (χ2v) is 2.12. The first kappa shape index (κ1) is 7.24. The number of nitrogens with two attached hydrogens (primary N) is 1. The number of aliphatic hydroxyl groups is 1. The Morgan fingerprint density at radius 2 is 2.60 bits per heavy atom. The van der Waals surface area contributed by atoms with E-state index in [9.17, 15) is 0 Å². The van der Waals surface area contributed by atoms with Crippen LogP contribution in [0.5, 0.6) is 0 Å². The zero-order valence-corrected chi connectivity index (χ0v) is 5.74. The maximum Gasteiger partial charge on any atom is 0.213 e. The number of aryl methyl sites for hydroxylation is 1. The summed E-state index contributed by atoms with van der Waals surface area (Å²) in [5, 5.41) is 8.57. The van der Waals surface area contributed by atoms with Crippen LogP contribution in [0.4, 0.5) is 0 Å². The van der Waals surface area contributed by atoms with Crippen LogP contribution in [0.1, 0.15) is 17.6 Å². The van der Waals surface area contributed by atoms with Gasteiger partial charge in [0.1, 0.15) is 12.3 Å². The molecule has 1 aromatic heterocycles. The Morgan fingerprint density at radius 3 is 3.00 bits per heavy atom. The van der Waals surface area contributed by atoms with Crippen molar-refractivity contribution in [2.75, 3.05) is 6.61 Å². The molecular weight excluding hydrogens is 132 g/mol. The van der Waals surface area contributed by atoms with Gasteiger partial charge in [-0.25, -0.2) is 4.98 Å². The van der Waals surface area contributed by atoms with E-state index in [-0.39, 0.29) is 6.61 Å². The van der Waals surface area contributed by atoms with Crippen LogP contribution in [-0.2, 0) is 0 Å². The molecule has 4 nitrogen and oxygen atoms in total. The van der Waals surface area contributed by atoms with Crippen molar-refractivity contribution in [1.29, 1.82) is 0 Å². The molecule has 56 valence electrons. The van der Waals surface area contributed by atoms with Gasteiger partial charge in [-0.3, -0.25) is 0 Å². The SMILES string of the molecule is Cc1coc(C(N)CO)n1. The van der Waals surface area contributed by atoms with Crippen molar-refractivity contribution in [3.63, 3.8) is 0 Å². The number of hydrogen-bond acceptors (Lipinski definition) is 4. The molecule has 1 aromatic rings. The lowest BCUT2D eigenvalue weighted by molar-refractivity contribution is 0.248. The molecule has 10 heavy (non-hydrogen) atoms. The lowest BCUT2D eigenvalue weighted by Gasteiger charge is -1.99. The van der Waals surface area contributed by atoms with E-state index >= 15 is 0 Å². The van der Waals surface area contributed by atoms with Crippen molar-refractivity contribution in [1.82, 2.24) is 4.98 Å². The monoisotopic (exact) mass is 142 g/mol. The van der Waals surface area contributed by atoms with Crippen molar-refractivity contribution < 1.29 is 9.52 Å². The zero-order chi connectivity index (χ0) is 7.56. The van der Waals surface area contributed by atoms with Crippen LogP contribution in [0.15, 0.2) is 10.7 Å². The standard InChI is InChI=1S/C6H10N2O2/c1-4-3-10-6(8-4)5(7)2-9/h3,5,9H,2,7H2,1H3. The predicted octanol–water partition coefficient (Wildman–Crippen LogP) is -0.0249. The van der Waals surface area contributed by atoms with Crippen molar-refractivity contribution in [2.45, 2.75) is 13.0 Å². The minimum Gasteiger partial charge on any atom is -0.447 e. The fourth-order valence-corrected chi connectivity index (χ4v) is 0.621. The van der Waals surface area contributed by atoms with E-state index in [2.05, 4.69) is 4.98 Å². The second-order valence-electron chi connectivity index (χ2n) is 2.12. The van der Waals surface area contributed by atoms with Crippen molar-refractivity contribution in [3.8, 4) is 0 Å². The van der Waals surface area contributed by atoms with E-state index < -0.39 is 6.04 Å². The Bertz CT molecular complexity index is 209. The second kappa shape index (κ2) is 2.81. The van der Waals surface area contributed by atoms with E-state index in [1.54, 1.807) is 6.92 Å². The molecule has 0 saturated heterocycles. The van der Waals surface area contributed by atoms with Crippen molar-refractivity contribution in [2.24, 2.45) is 5.73 Å². The molecule has 0 bridgehead atoms. The number of aliphatic hydroxyl groups excluding tert-OH is 1. The summed E-state index contributed by atoms with van der Waals surface area (Å²) in [4.78, 5) is 3.93. The molecule has 1 rings (SSSR count). The van der Waals surface area contributed by atoms with Crippen molar-refractivity contribution in [3.05, 3.63) is 17.8 Å². The summed E-state index contributed by atoms with van der Waals surface area (Å²) >= 11 is 0. The predicted molar refractivity (Wildman–Crippen MR) is 35.3 cm³/mol. The maximum atomic E-state index is 8.57. The average Bonchev–Trinajstić information content (AvgIpc) is 2.34. The Labute approximate surface area is 58.7 Å². The zero-order valence-electron chi connectivity index (χ0n) is 5.74. The highest BCUT2D eigenvalue weighted by Crippen LogP contribution is 2.07. The molecule has 1 unspecified atom stereocenters. The van der Waals surface area contributed by atoms with Gasteiger partial charge in [0.15, 0.2) is 0 Å². The van der Waals surface area contributed by atoms with Gasteiger partial charge in [-0.2, -0.15) is 0 Å². The van der Waals surface area contributed by atoms with Crippen LogP contribution in [0.25, 0.3) is 0 Å². The van der Waals surface area contributed by atoms with E-state index in [1.807, 2.05) is 0 Å². The Kier molecular flexibility index (Phi) is 2.03. The van der Waals surface area contributed by atoms with E-state index in [0.29, 0.717) is 5.89 Å². The van der Waals surface area contributed by atoms with Gasteiger partial charge < -0.3 is 15.3 Å². The summed E-state index contributed by atoms with van der Waals surface area (Å²) in [6.07, 6.45) is 1.50. The molecule has 0 aliphatic carbocycles. The molecule has 0 aliphatic heterocycles. The molecule has 1 atom stereocenters. The summed E-state index contributed by atoms with van der Waals surface area (Å²) in [5.41, 5.74) is 6.18. The lowest BCUT2D eigenvalue weighted by Crippen LogP contribution is -2.14. The van der Waals surface area contributed by atoms with Gasteiger partial charge in [0, 0.05) is 0 Å². The van der Waals surface area contributed by atoms with Crippen LogP contribution >= 0.6 is 0 Å². The molecular formula is C6H10N2O2. The van der Waals surface area contributed by atoms with Gasteiger partial charge in [0.25, 0.3) is 0 Å². The highest BCUT2D eigenvalue weighted by atomic mass is 16.3. The molecule has 0 aliphatic rings. The van der Waals surface area contributed by atoms with Gasteiger partial charge in [0.2, 0.25) is 5.89 Å². The van der Waals surface area contributed by atoms with Crippen LogP contribution in [0.3, 0.4) is 0 Å². The molecule has 0 aromatic carbocycles. The van der Waals surface area contributed by atoms with E-state index in [0.717, 1.165) is 5.69 Å². The molecule has 0 fully saturated rings. The Balaban J connectivity index is 2.74. The summed E-state index contributed by atoms with van der Waals surface area (Å²) in [6, 6.07) is -0.492. The quantitative estimate of drug-likeness (QED) is 0.608. The third kappa shape index (κ3) is 1.34. The van der Waals surface area contributed by atoms with Crippen LogP contribution < -0.4 is 5.73 Å². The summed E-state index contributed by atoms with van der Waals surface area (Å²) in [6.45, 7) is 1.66. The first-order chi connectivity index (χ1) is 4.74. The molecule has 0 saturated carbocycles. The number of rotatable bonds is 2. The minimum absolute atomic E-state index is 0.139. The molecule has 4 heteroatoms. The van der Waals surface area contributed by atoms with Gasteiger partial charge >= 0.3 is 0 Å². The molecule has 0 spiro atoms. The lowest BCUT2D eigenvalue weighted by atomic mass is 10.3. The number of hydrogen-bond donors (Lipinski definition) is 2. The Morgan fingerprint density at radius 1 is 1.90 bits per heavy atom. The van der Waals surface area contributed by atoms with E-state index in [1.165, 1.54) is 6.26 Å². The van der Waals surface area contributed by atoms with Gasteiger partial charge in [-0.1, -0.05) is 0 Å². The topological polar surface area (TPSA) is 72.3 Å². The number of oxazole rings is 1. The smallest absolute Gasteiger partial charge is 0.213 e. The first-order valence-electron chi connectivity index (χ1n) is 3.02. The third-order valence-corrected chi connectivity index (χ3v) is 1.15. The average molecular weight is 142 g/mol. The van der Waals surface area contributed by atoms with Crippen molar-refractivity contribution >= 4 is 0 Å². The van der Waals surface area contributed by atoms with Crippen LogP contribution in [-0.4, -0.2) is 16.7 Å². The highest BCUT2D eigenvalue weighted by Gasteiger charge is 2.09. The minimum atomic E-state index is -0.492. The normalized spacial score (nSPS) is 13.5. The Hall–Kier alpha value is -0.870. The molecule has 0 radical (unpaired) electrons. The third-order valence-electron chi connectivity index (χ3n) is 1.15.